The SMILES string of the molecule is CS(=O)(=O)CCCN=C(N)C1CCCC1. The fraction of sp³-hybridized carbons (Fsp3) is 0.900. The van der Waals surface area contributed by atoms with Crippen molar-refractivity contribution in [1.82, 2.24) is 0 Å². The number of amidine groups is 1. The summed E-state index contributed by atoms with van der Waals surface area (Å²) in [5.74, 6) is 1.37. The topological polar surface area (TPSA) is 72.5 Å². The lowest BCUT2D eigenvalue weighted by Gasteiger charge is -2.07. The third kappa shape index (κ3) is 5.16. The predicted octanol–water partition coefficient (Wildman–Crippen LogP) is 0.968. The van der Waals surface area contributed by atoms with Crippen molar-refractivity contribution in [2.45, 2.75) is 32.1 Å². The first-order valence-corrected chi connectivity index (χ1v) is 7.52. The Morgan fingerprint density at radius 2 is 2.00 bits per heavy atom. The summed E-state index contributed by atoms with van der Waals surface area (Å²) in [5, 5.41) is 0. The number of hydrogen-bond donors (Lipinski definition) is 1. The van der Waals surface area contributed by atoms with Gasteiger partial charge in [0.15, 0.2) is 0 Å². The number of nitrogens with two attached hydrogens (primary N) is 1. The van der Waals surface area contributed by atoms with Gasteiger partial charge in [-0.2, -0.15) is 0 Å². The van der Waals surface area contributed by atoms with Crippen LogP contribution in [0.1, 0.15) is 32.1 Å². The van der Waals surface area contributed by atoms with Crippen LogP contribution < -0.4 is 5.73 Å². The van der Waals surface area contributed by atoms with E-state index < -0.39 is 9.84 Å². The number of rotatable bonds is 5. The first kappa shape index (κ1) is 12.5. The van der Waals surface area contributed by atoms with Gasteiger partial charge in [-0.3, -0.25) is 4.99 Å². The summed E-state index contributed by atoms with van der Waals surface area (Å²) in [5.41, 5.74) is 5.83. The second-order valence-electron chi connectivity index (χ2n) is 4.27. The molecule has 0 aromatic heterocycles. The highest BCUT2D eigenvalue weighted by atomic mass is 32.2. The molecule has 1 fully saturated rings. The summed E-state index contributed by atoms with van der Waals surface area (Å²) >= 11 is 0. The molecule has 2 N–H and O–H groups in total. The molecule has 0 spiro atoms. The molecular weight excluding hydrogens is 212 g/mol. The molecule has 0 saturated heterocycles. The first-order valence-electron chi connectivity index (χ1n) is 5.46. The Bertz CT molecular complexity index is 316. The maximum absolute atomic E-state index is 10.9. The summed E-state index contributed by atoms with van der Waals surface area (Å²) in [6, 6.07) is 0. The maximum atomic E-state index is 10.9. The fourth-order valence-corrected chi connectivity index (χ4v) is 2.54. The van der Waals surface area contributed by atoms with E-state index in [4.69, 9.17) is 5.73 Å². The van der Waals surface area contributed by atoms with Crippen LogP contribution >= 0.6 is 0 Å². The van der Waals surface area contributed by atoms with E-state index in [0.717, 1.165) is 18.7 Å². The Labute approximate surface area is 91.9 Å². The molecule has 0 unspecified atom stereocenters. The molecule has 5 heteroatoms. The van der Waals surface area contributed by atoms with E-state index in [0.29, 0.717) is 18.9 Å². The molecule has 0 aromatic rings. The van der Waals surface area contributed by atoms with E-state index in [1.165, 1.54) is 19.1 Å². The van der Waals surface area contributed by atoms with E-state index in [-0.39, 0.29) is 5.75 Å². The minimum atomic E-state index is -2.85. The lowest BCUT2D eigenvalue weighted by atomic mass is 10.1. The van der Waals surface area contributed by atoms with Gasteiger partial charge in [-0.05, 0) is 19.3 Å². The van der Waals surface area contributed by atoms with E-state index in [9.17, 15) is 8.42 Å². The molecule has 0 amide bonds. The summed E-state index contributed by atoms with van der Waals surface area (Å²) < 4.78 is 21.7. The van der Waals surface area contributed by atoms with E-state index >= 15 is 0 Å². The Balaban J connectivity index is 2.25. The minimum absolute atomic E-state index is 0.203. The van der Waals surface area contributed by atoms with E-state index in [2.05, 4.69) is 4.99 Å². The lowest BCUT2D eigenvalue weighted by molar-refractivity contribution is 0.599. The van der Waals surface area contributed by atoms with Crippen LogP contribution in [0.25, 0.3) is 0 Å². The molecule has 1 rings (SSSR count). The molecular formula is C10H20N2O2S. The van der Waals surface area contributed by atoms with Gasteiger partial charge in [0.1, 0.15) is 9.84 Å². The summed E-state index contributed by atoms with van der Waals surface area (Å²) in [7, 11) is -2.85. The average molecular weight is 232 g/mol. The van der Waals surface area contributed by atoms with Gasteiger partial charge in [0.2, 0.25) is 0 Å². The largest absolute Gasteiger partial charge is 0.387 e. The zero-order chi connectivity index (χ0) is 11.3. The van der Waals surface area contributed by atoms with Crippen LogP contribution in [0.4, 0.5) is 0 Å². The van der Waals surface area contributed by atoms with Crippen molar-refractivity contribution in [2.24, 2.45) is 16.6 Å². The fourth-order valence-electron chi connectivity index (χ4n) is 1.89. The quantitative estimate of drug-likeness (QED) is 0.436. The Morgan fingerprint density at radius 3 is 2.53 bits per heavy atom. The van der Waals surface area contributed by atoms with Crippen LogP contribution in [0, 0.1) is 5.92 Å². The third-order valence-corrected chi connectivity index (χ3v) is 3.77. The third-order valence-electron chi connectivity index (χ3n) is 2.74. The van der Waals surface area contributed by atoms with Gasteiger partial charge >= 0.3 is 0 Å². The van der Waals surface area contributed by atoms with E-state index in [1.807, 2.05) is 0 Å². The van der Waals surface area contributed by atoms with Crippen molar-refractivity contribution in [2.75, 3.05) is 18.6 Å². The van der Waals surface area contributed by atoms with Crippen LogP contribution in [0.3, 0.4) is 0 Å². The Morgan fingerprint density at radius 1 is 1.40 bits per heavy atom. The van der Waals surface area contributed by atoms with Crippen LogP contribution in [-0.4, -0.2) is 32.8 Å². The van der Waals surface area contributed by atoms with Gasteiger partial charge in [0.05, 0.1) is 11.6 Å². The summed E-state index contributed by atoms with van der Waals surface area (Å²) in [4.78, 5) is 4.24. The molecule has 1 aliphatic carbocycles. The van der Waals surface area contributed by atoms with E-state index in [1.54, 1.807) is 0 Å². The van der Waals surface area contributed by atoms with Gasteiger partial charge in [0, 0.05) is 18.7 Å². The van der Waals surface area contributed by atoms with Gasteiger partial charge in [-0.25, -0.2) is 8.42 Å². The van der Waals surface area contributed by atoms with Crippen molar-refractivity contribution < 1.29 is 8.42 Å². The van der Waals surface area contributed by atoms with Crippen molar-refractivity contribution in [3.63, 3.8) is 0 Å². The van der Waals surface area contributed by atoms with Gasteiger partial charge in [-0.1, -0.05) is 12.8 Å². The predicted molar refractivity (Wildman–Crippen MR) is 62.8 cm³/mol. The zero-order valence-electron chi connectivity index (χ0n) is 9.28. The number of hydrogen-bond acceptors (Lipinski definition) is 3. The van der Waals surface area contributed by atoms with Gasteiger partial charge in [-0.15, -0.1) is 0 Å². The maximum Gasteiger partial charge on any atom is 0.147 e. The Hall–Kier alpha value is -0.580. The highest BCUT2D eigenvalue weighted by Gasteiger charge is 2.18. The molecule has 1 aliphatic rings. The number of aliphatic imine (C=N–C) groups is 1. The molecule has 1 saturated carbocycles. The molecule has 0 atom stereocenters. The monoisotopic (exact) mass is 232 g/mol. The molecule has 0 aliphatic heterocycles. The summed E-state index contributed by atoms with van der Waals surface area (Å²) in [6.07, 6.45) is 6.58. The molecule has 88 valence electrons. The van der Waals surface area contributed by atoms with Crippen LogP contribution in [-0.2, 0) is 9.84 Å². The molecule has 0 bridgehead atoms. The van der Waals surface area contributed by atoms with Crippen molar-refractivity contribution in [1.29, 1.82) is 0 Å². The van der Waals surface area contributed by atoms with Crippen LogP contribution in [0.2, 0.25) is 0 Å². The number of sulfone groups is 1. The lowest BCUT2D eigenvalue weighted by Crippen LogP contribution is -2.22. The number of nitrogens with zero attached hydrogens (tertiary/aromatic N) is 1. The Kier molecular flexibility index (Phi) is 4.57. The van der Waals surface area contributed by atoms with Crippen molar-refractivity contribution >= 4 is 15.7 Å². The molecule has 0 radical (unpaired) electrons. The highest BCUT2D eigenvalue weighted by Crippen LogP contribution is 2.24. The van der Waals surface area contributed by atoms with Crippen molar-refractivity contribution in [3.05, 3.63) is 0 Å². The van der Waals surface area contributed by atoms with Crippen molar-refractivity contribution in [3.8, 4) is 0 Å². The first-order chi connectivity index (χ1) is 6.99. The second-order valence-corrected chi connectivity index (χ2v) is 6.53. The molecule has 0 heterocycles. The van der Waals surface area contributed by atoms with Crippen LogP contribution in [0.5, 0.6) is 0 Å². The zero-order valence-corrected chi connectivity index (χ0v) is 10.1. The molecule has 4 nitrogen and oxygen atoms in total. The van der Waals surface area contributed by atoms with Gasteiger partial charge in [0.25, 0.3) is 0 Å². The molecule has 0 aromatic carbocycles. The standard InChI is InChI=1S/C10H20N2O2S/c1-15(13,14)8-4-7-12-10(11)9-5-2-3-6-9/h9H,2-8H2,1H3,(H2,11,12). The van der Waals surface area contributed by atoms with Gasteiger partial charge < -0.3 is 5.73 Å². The molecule has 15 heavy (non-hydrogen) atoms. The highest BCUT2D eigenvalue weighted by molar-refractivity contribution is 7.90. The summed E-state index contributed by atoms with van der Waals surface area (Å²) in [6.45, 7) is 0.537. The minimum Gasteiger partial charge on any atom is -0.387 e. The normalized spacial score (nSPS) is 19.7. The second kappa shape index (κ2) is 5.49. The average Bonchev–Trinajstić information content (AvgIpc) is 2.63. The van der Waals surface area contributed by atoms with Crippen LogP contribution in [0.15, 0.2) is 4.99 Å². The smallest absolute Gasteiger partial charge is 0.147 e.